The fraction of sp³-hybridized carbons (Fsp3) is 0.455. The summed E-state index contributed by atoms with van der Waals surface area (Å²) in [6.45, 7) is 5.34. The molecule has 2 aliphatic heterocycles. The highest BCUT2D eigenvalue weighted by atomic mass is 32.2. The van der Waals surface area contributed by atoms with Gasteiger partial charge in [0.1, 0.15) is 12.3 Å². The first-order valence-corrected chi connectivity index (χ1v) is 11.2. The van der Waals surface area contributed by atoms with Gasteiger partial charge >= 0.3 is 5.97 Å². The molecule has 3 amide bonds. The molecule has 172 valence electrons. The number of carbonyl (C=O) groups is 4. The van der Waals surface area contributed by atoms with Crippen molar-refractivity contribution in [3.05, 3.63) is 34.7 Å². The molecule has 32 heavy (non-hydrogen) atoms. The van der Waals surface area contributed by atoms with E-state index in [-0.39, 0.29) is 23.5 Å². The van der Waals surface area contributed by atoms with Crippen molar-refractivity contribution < 1.29 is 33.4 Å². The Kier molecular flexibility index (Phi) is 8.29. The highest BCUT2D eigenvalue weighted by Gasteiger charge is 2.36. The number of nitrogens with zero attached hydrogens (tertiary/aromatic N) is 2. The number of amides is 3. The Morgan fingerprint density at radius 2 is 1.88 bits per heavy atom. The summed E-state index contributed by atoms with van der Waals surface area (Å²) in [5.74, 6) is -0.726. The fourth-order valence-electron chi connectivity index (χ4n) is 2.97. The second-order valence-electron chi connectivity index (χ2n) is 7.33. The average Bonchev–Trinajstić information content (AvgIpc) is 3.06. The number of imide groups is 1. The fourth-order valence-corrected chi connectivity index (χ4v) is 3.81. The number of carbonyl (C=O) groups excluding carboxylic acids is 4. The molecule has 0 aromatic heterocycles. The van der Waals surface area contributed by atoms with Gasteiger partial charge in [-0.3, -0.25) is 24.1 Å². The minimum atomic E-state index is -0.615. The molecule has 1 aromatic carbocycles. The van der Waals surface area contributed by atoms with Gasteiger partial charge in [-0.25, -0.2) is 0 Å². The Balaban J connectivity index is 1.55. The van der Waals surface area contributed by atoms with Crippen molar-refractivity contribution in [1.29, 1.82) is 0 Å². The van der Waals surface area contributed by atoms with Crippen LogP contribution < -0.4 is 4.74 Å². The maximum Gasteiger partial charge on any atom is 0.326 e. The Labute approximate surface area is 190 Å². The van der Waals surface area contributed by atoms with Crippen LogP contribution in [0.15, 0.2) is 29.2 Å². The Hall–Kier alpha value is -2.85. The van der Waals surface area contributed by atoms with Crippen LogP contribution in [0, 0.1) is 0 Å². The number of rotatable bonds is 8. The van der Waals surface area contributed by atoms with Gasteiger partial charge in [-0.2, -0.15) is 0 Å². The molecule has 2 fully saturated rings. The number of morpholine rings is 1. The first kappa shape index (κ1) is 23.8. The first-order chi connectivity index (χ1) is 15.4. The van der Waals surface area contributed by atoms with E-state index >= 15 is 0 Å². The summed E-state index contributed by atoms with van der Waals surface area (Å²) in [5.41, 5.74) is 0.685. The van der Waals surface area contributed by atoms with Crippen molar-refractivity contribution in [2.24, 2.45) is 0 Å². The minimum Gasteiger partial charge on any atom is -0.484 e. The van der Waals surface area contributed by atoms with Crippen LogP contribution in [0.25, 0.3) is 6.08 Å². The van der Waals surface area contributed by atoms with E-state index in [4.69, 9.17) is 14.2 Å². The summed E-state index contributed by atoms with van der Waals surface area (Å²) in [7, 11) is 0. The summed E-state index contributed by atoms with van der Waals surface area (Å²) in [6.07, 6.45) is 1.95. The van der Waals surface area contributed by atoms with Crippen molar-refractivity contribution in [3.8, 4) is 5.75 Å². The van der Waals surface area contributed by atoms with E-state index in [0.29, 0.717) is 44.0 Å². The van der Waals surface area contributed by atoms with E-state index < -0.39 is 23.7 Å². The molecule has 0 N–H and O–H groups in total. The molecule has 1 aromatic rings. The number of benzene rings is 1. The Morgan fingerprint density at radius 3 is 2.53 bits per heavy atom. The quantitative estimate of drug-likeness (QED) is 0.428. The third kappa shape index (κ3) is 6.33. The zero-order chi connectivity index (χ0) is 23.1. The lowest BCUT2D eigenvalue weighted by molar-refractivity contribution is -0.150. The van der Waals surface area contributed by atoms with E-state index in [1.54, 1.807) is 42.2 Å². The van der Waals surface area contributed by atoms with Crippen molar-refractivity contribution in [2.45, 2.75) is 26.4 Å². The molecule has 1 atom stereocenters. The lowest BCUT2D eigenvalue weighted by Crippen LogP contribution is -2.42. The van der Waals surface area contributed by atoms with Gasteiger partial charge in [0.25, 0.3) is 17.1 Å². The van der Waals surface area contributed by atoms with E-state index in [1.807, 2.05) is 6.92 Å². The van der Waals surface area contributed by atoms with Crippen molar-refractivity contribution in [3.63, 3.8) is 0 Å². The average molecular weight is 463 g/mol. The zero-order valence-electron chi connectivity index (χ0n) is 18.1. The van der Waals surface area contributed by atoms with Crippen LogP contribution in [-0.2, 0) is 23.9 Å². The van der Waals surface area contributed by atoms with Gasteiger partial charge in [0, 0.05) is 13.1 Å². The molecule has 0 saturated carbocycles. The van der Waals surface area contributed by atoms with Gasteiger partial charge in [0.2, 0.25) is 0 Å². The second kappa shape index (κ2) is 11.1. The molecule has 0 bridgehead atoms. The van der Waals surface area contributed by atoms with Crippen LogP contribution in [0.5, 0.6) is 5.75 Å². The predicted molar refractivity (Wildman–Crippen MR) is 118 cm³/mol. The van der Waals surface area contributed by atoms with Crippen LogP contribution in [0.4, 0.5) is 4.79 Å². The summed E-state index contributed by atoms with van der Waals surface area (Å²) in [6, 6.07) is 6.82. The van der Waals surface area contributed by atoms with Crippen LogP contribution >= 0.6 is 11.8 Å². The topological polar surface area (TPSA) is 102 Å². The largest absolute Gasteiger partial charge is 0.484 e. The number of hydrogen-bond donors (Lipinski definition) is 0. The molecule has 2 saturated heterocycles. The number of esters is 1. The van der Waals surface area contributed by atoms with E-state index in [9.17, 15) is 19.2 Å². The molecular weight excluding hydrogens is 436 g/mol. The second-order valence-corrected chi connectivity index (χ2v) is 8.32. The third-order valence-electron chi connectivity index (χ3n) is 4.97. The van der Waals surface area contributed by atoms with Crippen LogP contribution in [-0.4, -0.2) is 78.4 Å². The molecule has 2 aliphatic rings. The summed E-state index contributed by atoms with van der Waals surface area (Å²) in [5, 5.41) is -0.510. The standard InChI is InChI=1S/C22H26N2O7S/c1-3-15(2)31-20(26)13-24-21(27)18(32-22(24)28)12-16-4-6-17(7-5-16)30-14-19(25)23-8-10-29-11-9-23/h4-7,12,15H,3,8-11,13-14H2,1-2H3/b18-12+/t15-/m0/s1. The Bertz CT molecular complexity index is 894. The van der Waals surface area contributed by atoms with Crippen LogP contribution in [0.3, 0.4) is 0 Å². The van der Waals surface area contributed by atoms with Crippen molar-refractivity contribution in [1.82, 2.24) is 9.80 Å². The maximum atomic E-state index is 12.5. The SMILES string of the molecule is CC[C@H](C)OC(=O)CN1C(=O)S/C(=C/c2ccc(OCC(=O)N3CCOCC3)cc2)C1=O. The molecule has 0 spiro atoms. The van der Waals surface area contributed by atoms with Crippen LogP contribution in [0.2, 0.25) is 0 Å². The van der Waals surface area contributed by atoms with E-state index in [1.165, 1.54) is 0 Å². The van der Waals surface area contributed by atoms with Gasteiger partial charge in [-0.1, -0.05) is 19.1 Å². The molecule has 9 nitrogen and oxygen atoms in total. The molecule has 2 heterocycles. The Morgan fingerprint density at radius 1 is 1.19 bits per heavy atom. The third-order valence-corrected chi connectivity index (χ3v) is 5.88. The van der Waals surface area contributed by atoms with Gasteiger partial charge in [0.15, 0.2) is 6.61 Å². The van der Waals surface area contributed by atoms with Gasteiger partial charge in [-0.05, 0) is 48.9 Å². The highest BCUT2D eigenvalue weighted by Crippen LogP contribution is 2.32. The van der Waals surface area contributed by atoms with Crippen LogP contribution in [0.1, 0.15) is 25.8 Å². The lowest BCUT2D eigenvalue weighted by atomic mass is 10.2. The molecule has 0 unspecified atom stereocenters. The zero-order valence-corrected chi connectivity index (χ0v) is 18.9. The summed E-state index contributed by atoms with van der Waals surface area (Å²) < 4.78 is 15.9. The molecule has 0 aliphatic carbocycles. The van der Waals surface area contributed by atoms with Gasteiger partial charge < -0.3 is 19.1 Å². The molecule has 3 rings (SSSR count). The maximum absolute atomic E-state index is 12.5. The van der Waals surface area contributed by atoms with Crippen molar-refractivity contribution >= 4 is 40.9 Å². The first-order valence-electron chi connectivity index (χ1n) is 10.4. The summed E-state index contributed by atoms with van der Waals surface area (Å²) >= 11 is 0.777. The van der Waals surface area contributed by atoms with E-state index in [0.717, 1.165) is 16.7 Å². The van der Waals surface area contributed by atoms with Crippen molar-refractivity contribution in [2.75, 3.05) is 39.5 Å². The monoisotopic (exact) mass is 462 g/mol. The van der Waals surface area contributed by atoms with E-state index in [2.05, 4.69) is 0 Å². The number of thioether (sulfide) groups is 1. The van der Waals surface area contributed by atoms with Gasteiger partial charge in [-0.15, -0.1) is 0 Å². The highest BCUT2D eigenvalue weighted by molar-refractivity contribution is 8.18. The lowest BCUT2D eigenvalue weighted by Gasteiger charge is -2.26. The summed E-state index contributed by atoms with van der Waals surface area (Å²) in [4.78, 5) is 51.6. The molecule has 0 radical (unpaired) electrons. The molecule has 10 heteroatoms. The number of hydrogen-bond acceptors (Lipinski definition) is 8. The molecular formula is C22H26N2O7S. The normalized spacial score (nSPS) is 18.8. The smallest absolute Gasteiger partial charge is 0.326 e. The number of ether oxygens (including phenoxy) is 3. The van der Waals surface area contributed by atoms with Gasteiger partial charge in [0.05, 0.1) is 24.2 Å². The predicted octanol–water partition coefficient (Wildman–Crippen LogP) is 2.30. The minimum absolute atomic E-state index is 0.0645.